The molecule has 0 fully saturated rings. The number of esters is 1. The van der Waals surface area contributed by atoms with Crippen LogP contribution in [0.15, 0.2) is 97.1 Å². The van der Waals surface area contributed by atoms with Crippen molar-refractivity contribution in [2.45, 2.75) is 13.0 Å². The maximum Gasteiger partial charge on any atom is 0.339 e. The summed E-state index contributed by atoms with van der Waals surface area (Å²) in [5, 5.41) is 0. The van der Waals surface area contributed by atoms with Gasteiger partial charge in [0.2, 0.25) is 5.78 Å². The summed E-state index contributed by atoms with van der Waals surface area (Å²) in [6, 6.07) is 28.4. The zero-order valence-corrected chi connectivity index (χ0v) is 17.9. The van der Waals surface area contributed by atoms with Crippen molar-refractivity contribution >= 4 is 17.5 Å². The van der Waals surface area contributed by atoms with E-state index in [1.54, 1.807) is 60.7 Å². The average Bonchev–Trinajstić information content (AvgIpc) is 3.14. The highest BCUT2D eigenvalue weighted by Crippen LogP contribution is 2.37. The van der Waals surface area contributed by atoms with Gasteiger partial charge >= 0.3 is 5.97 Å². The minimum atomic E-state index is -1.08. The maximum absolute atomic E-state index is 13.3. The molecule has 0 aromatic heterocycles. The molecule has 4 heteroatoms. The van der Waals surface area contributed by atoms with Gasteiger partial charge in [-0.3, -0.25) is 9.59 Å². The SMILES string of the molecule is Cc1ccc(C(=O)[C@H](OC(=O)c2ccc3c(c2)-c2ccccc2C3=O)c2ccccc2)cc1. The highest BCUT2D eigenvalue weighted by molar-refractivity contribution is 6.22. The Balaban J connectivity index is 1.48. The summed E-state index contributed by atoms with van der Waals surface area (Å²) in [6.45, 7) is 1.94. The number of benzene rings is 4. The van der Waals surface area contributed by atoms with Crippen molar-refractivity contribution in [2.75, 3.05) is 0 Å². The molecule has 0 bridgehead atoms. The molecule has 0 radical (unpaired) electrons. The molecule has 0 heterocycles. The van der Waals surface area contributed by atoms with E-state index in [9.17, 15) is 14.4 Å². The topological polar surface area (TPSA) is 60.4 Å². The number of carbonyl (C=O) groups is 3. The zero-order valence-electron chi connectivity index (χ0n) is 17.9. The quantitative estimate of drug-likeness (QED) is 0.253. The first-order valence-corrected chi connectivity index (χ1v) is 10.7. The third kappa shape index (κ3) is 3.76. The molecular formula is C29H20O4. The smallest absolute Gasteiger partial charge is 0.339 e. The molecule has 160 valence electrons. The second-order valence-corrected chi connectivity index (χ2v) is 8.06. The fraction of sp³-hybridized carbons (Fsp3) is 0.0690. The van der Waals surface area contributed by atoms with Crippen molar-refractivity contribution in [3.63, 3.8) is 0 Å². The molecule has 4 aromatic carbocycles. The van der Waals surface area contributed by atoms with Gasteiger partial charge in [-0.2, -0.15) is 0 Å². The van der Waals surface area contributed by atoms with Crippen molar-refractivity contribution in [2.24, 2.45) is 0 Å². The number of rotatable bonds is 5. The standard InChI is InChI=1S/C29H20O4/c1-18-11-13-19(14-12-18)26(30)28(20-7-3-2-4-8-20)33-29(32)21-15-16-24-25(17-21)22-9-5-6-10-23(22)27(24)31/h2-17,28H,1H3/t28-/m1/s1. The second-order valence-electron chi connectivity index (χ2n) is 8.06. The van der Waals surface area contributed by atoms with E-state index in [-0.39, 0.29) is 17.1 Å². The van der Waals surface area contributed by atoms with E-state index in [0.717, 1.165) is 11.1 Å². The normalized spacial score (nSPS) is 12.6. The van der Waals surface area contributed by atoms with Crippen LogP contribution in [0.1, 0.15) is 53.9 Å². The predicted octanol–water partition coefficient (Wildman–Crippen LogP) is 5.99. The summed E-state index contributed by atoms with van der Waals surface area (Å²) >= 11 is 0. The molecule has 1 aliphatic carbocycles. The Morgan fingerprint density at radius 1 is 0.667 bits per heavy atom. The van der Waals surface area contributed by atoms with Gasteiger partial charge in [0.05, 0.1) is 5.56 Å². The monoisotopic (exact) mass is 432 g/mol. The largest absolute Gasteiger partial charge is 0.445 e. The molecule has 4 aromatic rings. The fourth-order valence-corrected chi connectivity index (χ4v) is 4.10. The third-order valence-electron chi connectivity index (χ3n) is 5.86. The van der Waals surface area contributed by atoms with Crippen LogP contribution in [-0.4, -0.2) is 17.5 Å². The molecule has 1 aliphatic rings. The molecule has 0 saturated heterocycles. The Bertz CT molecular complexity index is 1390. The van der Waals surface area contributed by atoms with E-state index < -0.39 is 12.1 Å². The lowest BCUT2D eigenvalue weighted by Gasteiger charge is -2.18. The Kier molecular flexibility index (Phi) is 5.19. The van der Waals surface area contributed by atoms with Crippen molar-refractivity contribution in [3.05, 3.63) is 130 Å². The molecule has 0 saturated carbocycles. The first-order chi connectivity index (χ1) is 16.0. The van der Waals surface area contributed by atoms with Crippen molar-refractivity contribution < 1.29 is 19.1 Å². The number of fused-ring (bicyclic) bond motifs is 3. The first kappa shape index (κ1) is 20.6. The highest BCUT2D eigenvalue weighted by Gasteiger charge is 2.30. The minimum absolute atomic E-state index is 0.0581. The Labute approximate surface area is 191 Å². The number of aryl methyl sites for hydroxylation is 1. The van der Waals surface area contributed by atoms with Gasteiger partial charge in [-0.25, -0.2) is 4.79 Å². The van der Waals surface area contributed by atoms with Crippen LogP contribution in [0, 0.1) is 6.92 Å². The molecule has 5 rings (SSSR count). The van der Waals surface area contributed by atoms with E-state index in [1.807, 2.05) is 43.3 Å². The lowest BCUT2D eigenvalue weighted by molar-refractivity contribution is 0.0280. The van der Waals surface area contributed by atoms with Crippen LogP contribution < -0.4 is 0 Å². The Morgan fingerprint density at radius 3 is 2.00 bits per heavy atom. The predicted molar refractivity (Wildman–Crippen MR) is 125 cm³/mol. The van der Waals surface area contributed by atoms with Crippen LogP contribution in [-0.2, 0) is 4.74 Å². The average molecular weight is 432 g/mol. The Morgan fingerprint density at radius 2 is 1.27 bits per heavy atom. The molecule has 1 atom stereocenters. The summed E-state index contributed by atoms with van der Waals surface area (Å²) in [4.78, 5) is 39.1. The number of Topliss-reactive ketones (excluding diaryl/α,β-unsaturated/α-hetero) is 1. The first-order valence-electron chi connectivity index (χ1n) is 10.7. The molecular weight excluding hydrogens is 412 g/mol. The zero-order chi connectivity index (χ0) is 22.9. The molecule has 0 aliphatic heterocycles. The second kappa shape index (κ2) is 8.32. The number of ketones is 2. The van der Waals surface area contributed by atoms with Gasteiger partial charge in [-0.15, -0.1) is 0 Å². The number of ether oxygens (including phenoxy) is 1. The van der Waals surface area contributed by atoms with Crippen molar-refractivity contribution in [1.29, 1.82) is 0 Å². The molecule has 4 nitrogen and oxygen atoms in total. The maximum atomic E-state index is 13.3. The summed E-state index contributed by atoms with van der Waals surface area (Å²) in [7, 11) is 0. The van der Waals surface area contributed by atoms with Crippen LogP contribution in [0.5, 0.6) is 0 Å². The molecule has 0 unspecified atom stereocenters. The minimum Gasteiger partial charge on any atom is -0.445 e. The van der Waals surface area contributed by atoms with Gasteiger partial charge in [0, 0.05) is 22.3 Å². The summed E-state index contributed by atoms with van der Waals surface area (Å²) < 4.78 is 5.77. The molecule has 33 heavy (non-hydrogen) atoms. The van der Waals surface area contributed by atoms with Crippen molar-refractivity contribution in [1.82, 2.24) is 0 Å². The lowest BCUT2D eigenvalue weighted by Crippen LogP contribution is -2.20. The van der Waals surface area contributed by atoms with Gasteiger partial charge in [-0.1, -0.05) is 84.4 Å². The number of hydrogen-bond acceptors (Lipinski definition) is 4. The van der Waals surface area contributed by atoms with E-state index in [4.69, 9.17) is 4.74 Å². The molecule has 0 spiro atoms. The van der Waals surface area contributed by atoms with Gasteiger partial charge in [-0.05, 0) is 36.2 Å². The van der Waals surface area contributed by atoms with Crippen LogP contribution in [0.2, 0.25) is 0 Å². The van der Waals surface area contributed by atoms with E-state index in [2.05, 4.69) is 0 Å². The van der Waals surface area contributed by atoms with Crippen molar-refractivity contribution in [3.8, 4) is 11.1 Å². The number of hydrogen-bond donors (Lipinski definition) is 0. The molecule has 0 amide bonds. The summed E-state index contributed by atoms with van der Waals surface area (Å²) in [6.07, 6.45) is -1.08. The van der Waals surface area contributed by atoms with Crippen LogP contribution in [0.25, 0.3) is 11.1 Å². The van der Waals surface area contributed by atoms with Crippen LogP contribution in [0.4, 0.5) is 0 Å². The Hall–Kier alpha value is -4.31. The van der Waals surface area contributed by atoms with Gasteiger partial charge in [0.1, 0.15) is 0 Å². The van der Waals surface area contributed by atoms with E-state index >= 15 is 0 Å². The highest BCUT2D eigenvalue weighted by atomic mass is 16.5. The molecule has 0 N–H and O–H groups in total. The summed E-state index contributed by atoms with van der Waals surface area (Å²) in [5.41, 5.74) is 5.06. The van der Waals surface area contributed by atoms with Crippen LogP contribution >= 0.6 is 0 Å². The van der Waals surface area contributed by atoms with Gasteiger partial charge in [0.25, 0.3) is 0 Å². The van der Waals surface area contributed by atoms with Gasteiger partial charge in [0.15, 0.2) is 11.9 Å². The van der Waals surface area contributed by atoms with Crippen LogP contribution in [0.3, 0.4) is 0 Å². The summed E-state index contributed by atoms with van der Waals surface area (Å²) in [5.74, 6) is -0.975. The number of carbonyl (C=O) groups excluding carboxylic acids is 3. The lowest BCUT2D eigenvalue weighted by atomic mass is 9.98. The fourth-order valence-electron chi connectivity index (χ4n) is 4.10. The van der Waals surface area contributed by atoms with E-state index in [1.165, 1.54) is 0 Å². The third-order valence-corrected chi connectivity index (χ3v) is 5.86. The van der Waals surface area contributed by atoms with Gasteiger partial charge < -0.3 is 4.74 Å². The van der Waals surface area contributed by atoms with E-state index in [0.29, 0.717) is 27.8 Å².